The van der Waals surface area contributed by atoms with Crippen molar-refractivity contribution in [1.82, 2.24) is 5.32 Å². The summed E-state index contributed by atoms with van der Waals surface area (Å²) in [5, 5.41) is 3.52. The van der Waals surface area contributed by atoms with Crippen molar-refractivity contribution in [2.24, 2.45) is 5.92 Å². The fraction of sp³-hybridized carbons (Fsp3) is 1.00. The van der Waals surface area contributed by atoms with Gasteiger partial charge in [-0.25, -0.2) is 0 Å². The zero-order chi connectivity index (χ0) is 7.31. The first kappa shape index (κ1) is 6.44. The molecule has 1 saturated carbocycles. The molecule has 2 nitrogen and oxygen atoms in total. The molecule has 2 atom stereocenters. The van der Waals surface area contributed by atoms with E-state index in [1.807, 2.05) is 0 Å². The van der Waals surface area contributed by atoms with Gasteiger partial charge in [0.15, 0.2) is 0 Å². The molecule has 1 N–H and O–H groups in total. The van der Waals surface area contributed by atoms with E-state index in [1.165, 1.54) is 25.7 Å². The van der Waals surface area contributed by atoms with Gasteiger partial charge >= 0.3 is 0 Å². The third-order valence-corrected chi connectivity index (χ3v) is 3.42. The summed E-state index contributed by atoms with van der Waals surface area (Å²) in [5.74, 6) is 0.960. The minimum atomic E-state index is 0.307. The van der Waals surface area contributed by atoms with Gasteiger partial charge in [0, 0.05) is 19.2 Å². The lowest BCUT2D eigenvalue weighted by molar-refractivity contribution is -0.0838. The molecule has 0 aromatic rings. The van der Waals surface area contributed by atoms with Crippen molar-refractivity contribution in [3.05, 3.63) is 0 Å². The first-order chi connectivity index (χ1) is 5.41. The van der Waals surface area contributed by atoms with Crippen LogP contribution in [-0.4, -0.2) is 24.8 Å². The molecule has 1 spiro atoms. The van der Waals surface area contributed by atoms with E-state index in [9.17, 15) is 0 Å². The predicted molar refractivity (Wildman–Crippen MR) is 42.4 cm³/mol. The van der Waals surface area contributed by atoms with E-state index in [0.717, 1.165) is 25.1 Å². The smallest absolute Gasteiger partial charge is 0.0961 e. The Morgan fingerprint density at radius 2 is 2.27 bits per heavy atom. The third-order valence-electron chi connectivity index (χ3n) is 3.42. The lowest BCUT2D eigenvalue weighted by Gasteiger charge is -2.47. The SMILES string of the molecule is C1CO[C@@]2(C1)CN[C@H]2C1CC1. The van der Waals surface area contributed by atoms with Crippen LogP contribution in [0.1, 0.15) is 25.7 Å². The predicted octanol–water partition coefficient (Wildman–Crippen LogP) is 0.917. The van der Waals surface area contributed by atoms with Crippen LogP contribution < -0.4 is 5.32 Å². The van der Waals surface area contributed by atoms with E-state index in [0.29, 0.717) is 5.60 Å². The second kappa shape index (κ2) is 1.99. The number of ether oxygens (including phenoxy) is 1. The van der Waals surface area contributed by atoms with Crippen molar-refractivity contribution < 1.29 is 4.74 Å². The van der Waals surface area contributed by atoms with Crippen LogP contribution in [0.5, 0.6) is 0 Å². The largest absolute Gasteiger partial charge is 0.372 e. The summed E-state index contributed by atoms with van der Waals surface area (Å²) < 4.78 is 5.83. The van der Waals surface area contributed by atoms with Gasteiger partial charge in [-0.05, 0) is 31.6 Å². The van der Waals surface area contributed by atoms with E-state index < -0.39 is 0 Å². The summed E-state index contributed by atoms with van der Waals surface area (Å²) in [7, 11) is 0. The molecule has 3 aliphatic rings. The molecule has 3 fully saturated rings. The zero-order valence-electron chi connectivity index (χ0n) is 6.81. The van der Waals surface area contributed by atoms with Crippen LogP contribution in [0.3, 0.4) is 0 Å². The van der Waals surface area contributed by atoms with Crippen molar-refractivity contribution in [1.29, 1.82) is 0 Å². The average Bonchev–Trinajstić information content (AvgIpc) is 2.68. The number of nitrogens with one attached hydrogen (secondary N) is 1. The van der Waals surface area contributed by atoms with Crippen LogP contribution in [0.4, 0.5) is 0 Å². The molecule has 0 aromatic carbocycles. The van der Waals surface area contributed by atoms with Crippen molar-refractivity contribution in [3.8, 4) is 0 Å². The monoisotopic (exact) mass is 153 g/mol. The zero-order valence-corrected chi connectivity index (χ0v) is 6.81. The van der Waals surface area contributed by atoms with Crippen LogP contribution in [0, 0.1) is 5.92 Å². The van der Waals surface area contributed by atoms with Crippen molar-refractivity contribution in [3.63, 3.8) is 0 Å². The first-order valence-electron chi connectivity index (χ1n) is 4.78. The maximum absolute atomic E-state index is 5.83. The highest BCUT2D eigenvalue weighted by Gasteiger charge is 2.55. The highest BCUT2D eigenvalue weighted by Crippen LogP contribution is 2.46. The second-order valence-electron chi connectivity index (χ2n) is 4.21. The van der Waals surface area contributed by atoms with Gasteiger partial charge in [-0.2, -0.15) is 0 Å². The summed E-state index contributed by atoms with van der Waals surface area (Å²) in [6.45, 7) is 2.12. The molecule has 1 aliphatic carbocycles. The van der Waals surface area contributed by atoms with Crippen LogP contribution >= 0.6 is 0 Å². The Balaban J connectivity index is 1.75. The molecule has 0 bridgehead atoms. The molecular weight excluding hydrogens is 138 g/mol. The number of rotatable bonds is 1. The summed E-state index contributed by atoms with van der Waals surface area (Å²) in [5.41, 5.74) is 0.307. The van der Waals surface area contributed by atoms with Crippen molar-refractivity contribution >= 4 is 0 Å². The summed E-state index contributed by atoms with van der Waals surface area (Å²) in [4.78, 5) is 0. The molecule has 2 heteroatoms. The van der Waals surface area contributed by atoms with Crippen molar-refractivity contribution in [2.75, 3.05) is 13.2 Å². The molecule has 0 unspecified atom stereocenters. The molecule has 2 saturated heterocycles. The highest BCUT2D eigenvalue weighted by molar-refractivity contribution is 5.11. The molecule has 11 heavy (non-hydrogen) atoms. The Morgan fingerprint density at radius 3 is 2.73 bits per heavy atom. The molecule has 0 amide bonds. The molecule has 0 aromatic heterocycles. The topological polar surface area (TPSA) is 21.3 Å². The van der Waals surface area contributed by atoms with Gasteiger partial charge in [-0.3, -0.25) is 0 Å². The lowest BCUT2D eigenvalue weighted by atomic mass is 9.81. The fourth-order valence-electron chi connectivity index (χ4n) is 2.58. The minimum Gasteiger partial charge on any atom is -0.372 e. The maximum Gasteiger partial charge on any atom is 0.0961 e. The van der Waals surface area contributed by atoms with E-state index in [-0.39, 0.29) is 0 Å². The van der Waals surface area contributed by atoms with Crippen molar-refractivity contribution in [2.45, 2.75) is 37.3 Å². The standard InChI is InChI=1S/C9H15NO/c1-4-9(11-5-1)6-10-8(9)7-2-3-7/h7-8,10H,1-6H2/t8-,9-/m0/s1. The number of hydrogen-bond donors (Lipinski definition) is 1. The normalized spacial score (nSPS) is 49.6. The van der Waals surface area contributed by atoms with Crippen LogP contribution in [0.25, 0.3) is 0 Å². The average molecular weight is 153 g/mol. The Morgan fingerprint density at radius 1 is 1.36 bits per heavy atom. The van der Waals surface area contributed by atoms with Gasteiger partial charge in [0.25, 0.3) is 0 Å². The Labute approximate surface area is 67.3 Å². The van der Waals surface area contributed by atoms with E-state index in [1.54, 1.807) is 0 Å². The van der Waals surface area contributed by atoms with Gasteiger partial charge in [0.2, 0.25) is 0 Å². The Bertz CT molecular complexity index is 170. The van der Waals surface area contributed by atoms with Crippen LogP contribution in [0.15, 0.2) is 0 Å². The minimum absolute atomic E-state index is 0.307. The molecular formula is C9H15NO. The van der Waals surface area contributed by atoms with E-state index >= 15 is 0 Å². The Kier molecular flexibility index (Phi) is 1.16. The second-order valence-corrected chi connectivity index (χ2v) is 4.21. The van der Waals surface area contributed by atoms with Gasteiger partial charge in [-0.1, -0.05) is 0 Å². The molecule has 2 aliphatic heterocycles. The van der Waals surface area contributed by atoms with Gasteiger partial charge < -0.3 is 10.1 Å². The molecule has 3 rings (SSSR count). The van der Waals surface area contributed by atoms with Gasteiger partial charge in [-0.15, -0.1) is 0 Å². The first-order valence-corrected chi connectivity index (χ1v) is 4.78. The quantitative estimate of drug-likeness (QED) is 0.604. The van der Waals surface area contributed by atoms with E-state index in [2.05, 4.69) is 5.32 Å². The summed E-state index contributed by atoms with van der Waals surface area (Å²) in [6, 6.07) is 0.727. The highest BCUT2D eigenvalue weighted by atomic mass is 16.5. The van der Waals surface area contributed by atoms with Gasteiger partial charge in [0.05, 0.1) is 5.60 Å². The van der Waals surface area contributed by atoms with E-state index in [4.69, 9.17) is 4.74 Å². The molecule has 0 radical (unpaired) electrons. The summed E-state index contributed by atoms with van der Waals surface area (Å²) in [6.07, 6.45) is 5.46. The Hall–Kier alpha value is -0.0800. The lowest BCUT2D eigenvalue weighted by Crippen LogP contribution is -2.68. The molecule has 62 valence electrons. The van der Waals surface area contributed by atoms with Crippen LogP contribution in [0.2, 0.25) is 0 Å². The maximum atomic E-state index is 5.83. The summed E-state index contributed by atoms with van der Waals surface area (Å²) >= 11 is 0. The number of hydrogen-bond acceptors (Lipinski definition) is 2. The third kappa shape index (κ3) is 0.798. The molecule has 2 heterocycles. The van der Waals surface area contributed by atoms with Gasteiger partial charge in [0.1, 0.15) is 0 Å². The van der Waals surface area contributed by atoms with Crippen LogP contribution in [-0.2, 0) is 4.74 Å². The fourth-order valence-corrected chi connectivity index (χ4v) is 2.58.